The van der Waals surface area contributed by atoms with E-state index in [2.05, 4.69) is 15.5 Å². The van der Waals surface area contributed by atoms with Crippen LogP contribution in [0.1, 0.15) is 30.9 Å². The maximum absolute atomic E-state index is 14.0. The minimum absolute atomic E-state index is 0.125. The lowest BCUT2D eigenvalue weighted by Crippen LogP contribution is -2.59. The number of piperidine rings is 1. The van der Waals surface area contributed by atoms with E-state index in [1.807, 2.05) is 0 Å². The van der Waals surface area contributed by atoms with Gasteiger partial charge in [0, 0.05) is 18.7 Å². The topological polar surface area (TPSA) is 153 Å². The molecule has 12 nitrogen and oxygen atoms in total. The van der Waals surface area contributed by atoms with Crippen molar-refractivity contribution in [2.45, 2.75) is 45.2 Å². The number of ether oxygens (including phenoxy) is 1. The summed E-state index contributed by atoms with van der Waals surface area (Å²) in [4.78, 5) is 42.5. The number of amides is 1. The fourth-order valence-electron chi connectivity index (χ4n) is 4.81. The highest BCUT2D eigenvalue weighted by Gasteiger charge is 2.41. The Bertz CT molecular complexity index is 1630. The van der Waals surface area contributed by atoms with Crippen molar-refractivity contribution in [3.8, 4) is 10.8 Å². The van der Waals surface area contributed by atoms with E-state index in [-0.39, 0.29) is 32.1 Å². The number of nitrogens with one attached hydrogen (secondary N) is 1. The molecule has 0 bridgehead atoms. The zero-order chi connectivity index (χ0) is 29.0. The number of benzene rings is 1. The van der Waals surface area contributed by atoms with E-state index in [0.29, 0.717) is 51.5 Å². The molecular weight excluding hydrogens is 543 g/mol. The molecule has 1 aliphatic rings. The van der Waals surface area contributed by atoms with Crippen molar-refractivity contribution >= 4 is 27.5 Å². The van der Waals surface area contributed by atoms with E-state index in [1.165, 1.54) is 58.4 Å². The Balaban J connectivity index is 0.000000867. The van der Waals surface area contributed by atoms with Crippen LogP contribution >= 0.6 is 11.3 Å². The van der Waals surface area contributed by atoms with Crippen molar-refractivity contribution in [2.24, 2.45) is 0 Å². The summed E-state index contributed by atoms with van der Waals surface area (Å²) in [5, 5.41) is 27.3. The Morgan fingerprint density at radius 2 is 1.88 bits per heavy atom. The van der Waals surface area contributed by atoms with Gasteiger partial charge in [-0.05, 0) is 56.9 Å². The SMILES string of the molecule is COc1ccc(F)cc1CCn1c(=O)n(C2(C)CCCNC2=O)c(=O)c2c(C)c(-n3nccn3)sc21.OCCO. The molecule has 4 aromatic rings. The molecule has 214 valence electrons. The van der Waals surface area contributed by atoms with Gasteiger partial charge in [-0.1, -0.05) is 11.3 Å². The summed E-state index contributed by atoms with van der Waals surface area (Å²) in [6.45, 7) is 3.77. The van der Waals surface area contributed by atoms with Gasteiger partial charge in [0.15, 0.2) is 0 Å². The normalized spacial score (nSPS) is 16.9. The highest BCUT2D eigenvalue weighted by molar-refractivity contribution is 7.21. The molecule has 1 atom stereocenters. The quantitative estimate of drug-likeness (QED) is 0.297. The summed E-state index contributed by atoms with van der Waals surface area (Å²) in [5.41, 5.74) is -1.26. The highest BCUT2D eigenvalue weighted by atomic mass is 32.1. The van der Waals surface area contributed by atoms with Crippen LogP contribution < -0.4 is 21.3 Å². The smallest absolute Gasteiger partial charge is 0.333 e. The maximum atomic E-state index is 14.0. The molecule has 1 saturated heterocycles. The molecule has 0 spiro atoms. The number of aliphatic hydroxyl groups excluding tert-OH is 2. The third-order valence-corrected chi connectivity index (χ3v) is 8.12. The van der Waals surface area contributed by atoms with E-state index < -0.39 is 22.6 Å². The number of thiophene rings is 1. The Hall–Kier alpha value is -3.88. The second kappa shape index (κ2) is 12.1. The van der Waals surface area contributed by atoms with E-state index in [1.54, 1.807) is 13.8 Å². The van der Waals surface area contributed by atoms with E-state index in [9.17, 15) is 18.8 Å². The van der Waals surface area contributed by atoms with Crippen LogP contribution in [-0.2, 0) is 23.3 Å². The van der Waals surface area contributed by atoms with Gasteiger partial charge in [-0.15, -0.1) is 4.80 Å². The lowest BCUT2D eigenvalue weighted by molar-refractivity contribution is -0.131. The predicted octanol–water partition coefficient (Wildman–Crippen LogP) is 1.10. The van der Waals surface area contributed by atoms with Gasteiger partial charge in [-0.3, -0.25) is 14.2 Å². The number of carbonyl (C=O) groups excluding carboxylic acids is 1. The highest BCUT2D eigenvalue weighted by Crippen LogP contribution is 2.32. The van der Waals surface area contributed by atoms with Gasteiger partial charge in [0.1, 0.15) is 26.9 Å². The van der Waals surface area contributed by atoms with Crippen molar-refractivity contribution in [1.29, 1.82) is 0 Å². The monoisotopic (exact) mass is 574 g/mol. The first-order chi connectivity index (χ1) is 19.2. The molecule has 1 unspecified atom stereocenters. The van der Waals surface area contributed by atoms with Crippen molar-refractivity contribution in [2.75, 3.05) is 26.9 Å². The van der Waals surface area contributed by atoms with Crippen molar-refractivity contribution in [3.05, 3.63) is 68.4 Å². The number of rotatable bonds is 7. The van der Waals surface area contributed by atoms with Gasteiger partial charge in [-0.2, -0.15) is 10.2 Å². The molecule has 0 aliphatic carbocycles. The van der Waals surface area contributed by atoms with Gasteiger partial charge in [0.25, 0.3) is 5.56 Å². The molecule has 1 amide bonds. The molecule has 14 heteroatoms. The molecule has 3 N–H and O–H groups in total. The molecule has 0 saturated carbocycles. The van der Waals surface area contributed by atoms with E-state index in [4.69, 9.17) is 14.9 Å². The summed E-state index contributed by atoms with van der Waals surface area (Å²) in [5.74, 6) is -0.289. The minimum Gasteiger partial charge on any atom is -0.496 e. The molecule has 40 heavy (non-hydrogen) atoms. The van der Waals surface area contributed by atoms with Crippen molar-refractivity contribution < 1.29 is 24.1 Å². The number of aliphatic hydroxyl groups is 2. The fourth-order valence-corrected chi connectivity index (χ4v) is 6.04. The standard InChI is InChI=1S/C24H25FN6O4S.C2H6O2/c1-14-18-19(32)30(24(2)8-4-9-26-22(24)33)23(34)29(21(18)36-20(14)31-27-10-11-28-31)12-7-15-13-16(25)5-6-17(15)35-3;3-1-2-4/h5-6,10-11,13H,4,7-9,12H2,1-3H3,(H,26,33);3-4H,1-2H2. The number of hydrogen-bond acceptors (Lipinski definition) is 9. The maximum Gasteiger partial charge on any atom is 0.333 e. The van der Waals surface area contributed by atoms with Gasteiger partial charge in [0.05, 0.1) is 38.1 Å². The molecule has 5 rings (SSSR count). The molecule has 3 aromatic heterocycles. The van der Waals surface area contributed by atoms with E-state index in [0.717, 1.165) is 4.57 Å². The van der Waals surface area contributed by atoms with Gasteiger partial charge in [0.2, 0.25) is 5.91 Å². The number of aryl methyl sites for hydroxylation is 3. The summed E-state index contributed by atoms with van der Waals surface area (Å²) >= 11 is 1.22. The molecule has 1 fully saturated rings. The minimum atomic E-state index is -1.34. The number of aromatic nitrogens is 5. The van der Waals surface area contributed by atoms with Crippen LogP contribution in [0.5, 0.6) is 5.75 Å². The third-order valence-electron chi connectivity index (χ3n) is 6.84. The van der Waals surface area contributed by atoms with Crippen LogP contribution in [-0.4, -0.2) is 67.1 Å². The van der Waals surface area contributed by atoms with Crippen LogP contribution in [0.15, 0.2) is 40.2 Å². The zero-order valence-corrected chi connectivity index (χ0v) is 23.2. The summed E-state index contributed by atoms with van der Waals surface area (Å²) < 4.78 is 21.9. The number of methoxy groups -OCH3 is 1. The van der Waals surface area contributed by atoms with Gasteiger partial charge < -0.3 is 20.3 Å². The van der Waals surface area contributed by atoms with E-state index >= 15 is 0 Å². The fraction of sp³-hybridized carbons (Fsp3) is 0.423. The Morgan fingerprint density at radius 1 is 1.18 bits per heavy atom. The van der Waals surface area contributed by atoms with Crippen LogP contribution in [0.25, 0.3) is 15.2 Å². The van der Waals surface area contributed by atoms with Crippen LogP contribution in [0, 0.1) is 12.7 Å². The van der Waals surface area contributed by atoms with Crippen LogP contribution in [0.3, 0.4) is 0 Å². The zero-order valence-electron chi connectivity index (χ0n) is 22.4. The first kappa shape index (κ1) is 29.1. The first-order valence-corrected chi connectivity index (χ1v) is 13.5. The second-order valence-corrected chi connectivity index (χ2v) is 10.4. The van der Waals surface area contributed by atoms with Gasteiger partial charge >= 0.3 is 5.69 Å². The summed E-state index contributed by atoms with van der Waals surface area (Å²) in [6, 6.07) is 4.21. The number of hydrogen-bond donors (Lipinski definition) is 3. The number of fused-ring (bicyclic) bond motifs is 1. The number of halogens is 1. The molecular formula is C26H31FN6O6S. The Morgan fingerprint density at radius 3 is 2.50 bits per heavy atom. The van der Waals surface area contributed by atoms with Gasteiger partial charge in [-0.25, -0.2) is 13.8 Å². The van der Waals surface area contributed by atoms with Crippen LogP contribution in [0.2, 0.25) is 0 Å². The number of carbonyl (C=O) groups is 1. The van der Waals surface area contributed by atoms with Crippen molar-refractivity contribution in [1.82, 2.24) is 29.4 Å². The second-order valence-electron chi connectivity index (χ2n) is 9.39. The molecule has 1 aromatic carbocycles. The molecule has 0 radical (unpaired) electrons. The largest absolute Gasteiger partial charge is 0.496 e. The lowest BCUT2D eigenvalue weighted by atomic mass is 9.91. The average molecular weight is 575 g/mol. The summed E-state index contributed by atoms with van der Waals surface area (Å²) in [7, 11) is 1.50. The first-order valence-electron chi connectivity index (χ1n) is 12.7. The Kier molecular flexibility index (Phi) is 8.81. The molecule has 1 aliphatic heterocycles. The predicted molar refractivity (Wildman–Crippen MR) is 147 cm³/mol. The number of nitrogens with zero attached hydrogens (tertiary/aromatic N) is 5. The summed E-state index contributed by atoms with van der Waals surface area (Å²) in [6.07, 6.45) is 4.31. The van der Waals surface area contributed by atoms with Crippen LogP contribution in [0.4, 0.5) is 4.39 Å². The third kappa shape index (κ3) is 5.29. The average Bonchev–Trinajstić information content (AvgIpc) is 3.59. The van der Waals surface area contributed by atoms with Crippen molar-refractivity contribution in [3.63, 3.8) is 0 Å². The lowest BCUT2D eigenvalue weighted by Gasteiger charge is -2.34. The Labute approximate surface area is 232 Å². The molecule has 4 heterocycles.